The Morgan fingerprint density at radius 2 is 1.93 bits per heavy atom. The van der Waals surface area contributed by atoms with Crippen LogP contribution < -0.4 is 4.74 Å². The quantitative estimate of drug-likeness (QED) is 0.718. The highest BCUT2D eigenvalue weighted by Gasteiger charge is 2.35. The molecule has 1 aromatic carbocycles. The first-order valence-electron chi connectivity index (χ1n) is 10.3. The molecule has 2 aliphatic heterocycles. The third-order valence-electron chi connectivity index (χ3n) is 5.40. The van der Waals surface area contributed by atoms with Gasteiger partial charge in [0, 0.05) is 38.1 Å². The van der Waals surface area contributed by atoms with Gasteiger partial charge < -0.3 is 19.1 Å². The Morgan fingerprint density at radius 1 is 1.14 bits per heavy atom. The molecule has 0 saturated carbocycles. The fourth-order valence-electron chi connectivity index (χ4n) is 3.93. The Hall–Kier alpha value is -2.28. The molecule has 0 aromatic heterocycles. The van der Waals surface area contributed by atoms with Crippen LogP contribution in [0.1, 0.15) is 44.0 Å². The van der Waals surface area contributed by atoms with Crippen molar-refractivity contribution >= 4 is 12.1 Å². The number of benzene rings is 1. The summed E-state index contributed by atoms with van der Waals surface area (Å²) < 4.78 is 16.2. The molecule has 2 saturated heterocycles. The van der Waals surface area contributed by atoms with E-state index in [-0.39, 0.29) is 12.1 Å². The molecular weight excluding hydrogens is 372 g/mol. The van der Waals surface area contributed by atoms with Crippen molar-refractivity contribution in [2.45, 2.75) is 45.3 Å². The Balaban J connectivity index is 1.48. The van der Waals surface area contributed by atoms with Crippen molar-refractivity contribution in [1.82, 2.24) is 9.80 Å². The summed E-state index contributed by atoms with van der Waals surface area (Å²) in [5, 5.41) is 0. The van der Waals surface area contributed by atoms with Gasteiger partial charge in [-0.3, -0.25) is 4.90 Å². The molecule has 7 heteroatoms. The highest BCUT2D eigenvalue weighted by molar-refractivity contribution is 5.89. The summed E-state index contributed by atoms with van der Waals surface area (Å²) in [4.78, 5) is 28.3. The number of amides is 1. The van der Waals surface area contributed by atoms with Gasteiger partial charge >= 0.3 is 12.1 Å². The maximum atomic E-state index is 12.3. The van der Waals surface area contributed by atoms with Crippen molar-refractivity contribution in [3.63, 3.8) is 0 Å². The molecule has 0 bridgehead atoms. The maximum absolute atomic E-state index is 12.3. The topological polar surface area (TPSA) is 68.3 Å². The number of ether oxygens (including phenoxy) is 3. The van der Waals surface area contributed by atoms with Crippen molar-refractivity contribution in [3.8, 4) is 5.75 Å². The van der Waals surface area contributed by atoms with Gasteiger partial charge in [-0.15, -0.1) is 0 Å². The van der Waals surface area contributed by atoms with Gasteiger partial charge in [-0.2, -0.15) is 0 Å². The molecule has 0 spiro atoms. The van der Waals surface area contributed by atoms with Crippen molar-refractivity contribution < 1.29 is 23.8 Å². The number of rotatable bonds is 4. The van der Waals surface area contributed by atoms with E-state index >= 15 is 0 Å². The molecule has 2 aliphatic rings. The van der Waals surface area contributed by atoms with Crippen LogP contribution in [0.5, 0.6) is 5.75 Å². The average molecular weight is 405 g/mol. The van der Waals surface area contributed by atoms with Crippen LogP contribution in [-0.4, -0.2) is 73.4 Å². The second-order valence-electron chi connectivity index (χ2n) is 8.85. The van der Waals surface area contributed by atoms with E-state index in [1.807, 2.05) is 31.7 Å². The Morgan fingerprint density at radius 3 is 2.66 bits per heavy atom. The number of hydrogen-bond donors (Lipinski definition) is 0. The normalized spacial score (nSPS) is 22.6. The minimum atomic E-state index is -0.464. The molecule has 2 heterocycles. The molecule has 1 aromatic rings. The molecule has 1 amide bonds. The fraction of sp³-hybridized carbons (Fsp3) is 0.636. The molecule has 0 N–H and O–H groups in total. The van der Waals surface area contributed by atoms with E-state index in [2.05, 4.69) is 4.90 Å². The summed E-state index contributed by atoms with van der Waals surface area (Å²) in [6, 6.07) is 7.48. The Kier molecular flexibility index (Phi) is 6.67. The van der Waals surface area contributed by atoms with Crippen molar-refractivity contribution in [1.29, 1.82) is 0 Å². The van der Waals surface area contributed by atoms with Crippen molar-refractivity contribution in [2.75, 3.05) is 39.9 Å². The number of fused-ring (bicyclic) bond motifs is 1. The van der Waals surface area contributed by atoms with Crippen LogP contribution in [0.2, 0.25) is 0 Å². The fourth-order valence-corrected chi connectivity index (χ4v) is 3.93. The lowest BCUT2D eigenvalue weighted by atomic mass is 9.91. The largest absolute Gasteiger partial charge is 0.493 e. The zero-order valence-electron chi connectivity index (χ0n) is 17.8. The molecule has 160 valence electrons. The second kappa shape index (κ2) is 9.03. The van der Waals surface area contributed by atoms with E-state index in [1.54, 1.807) is 18.2 Å². The summed E-state index contributed by atoms with van der Waals surface area (Å²) >= 11 is 0. The van der Waals surface area contributed by atoms with Gasteiger partial charge in [0.25, 0.3) is 0 Å². The lowest BCUT2D eigenvalue weighted by molar-refractivity contribution is -0.0122. The van der Waals surface area contributed by atoms with Crippen molar-refractivity contribution in [3.05, 3.63) is 29.8 Å². The van der Waals surface area contributed by atoms with Gasteiger partial charge in [0.05, 0.1) is 19.3 Å². The van der Waals surface area contributed by atoms with Gasteiger partial charge in [0.2, 0.25) is 0 Å². The highest BCUT2D eigenvalue weighted by Crippen LogP contribution is 2.27. The van der Waals surface area contributed by atoms with Crippen LogP contribution in [0, 0.1) is 5.92 Å². The number of esters is 1. The summed E-state index contributed by atoms with van der Waals surface area (Å²) in [6.45, 7) is 9.54. The van der Waals surface area contributed by atoms with E-state index in [0.29, 0.717) is 36.4 Å². The van der Waals surface area contributed by atoms with Gasteiger partial charge in [-0.1, -0.05) is 6.07 Å². The lowest BCUT2D eigenvalue weighted by Gasteiger charge is -2.46. The SMILES string of the molecule is COC(=O)c1cccc(OC[C@@H]2CC[C@H]3CN(C(=O)OC(C)(C)C)CCN3C2)c1. The van der Waals surface area contributed by atoms with E-state index in [1.165, 1.54) is 7.11 Å². The maximum Gasteiger partial charge on any atom is 0.410 e. The minimum Gasteiger partial charge on any atom is -0.493 e. The van der Waals surface area contributed by atoms with E-state index in [9.17, 15) is 9.59 Å². The lowest BCUT2D eigenvalue weighted by Crippen LogP contribution is -2.58. The number of piperidine rings is 1. The summed E-state index contributed by atoms with van der Waals surface area (Å²) in [5.74, 6) is 0.754. The van der Waals surface area contributed by atoms with Crippen LogP contribution in [0.25, 0.3) is 0 Å². The number of carbonyl (C=O) groups is 2. The van der Waals surface area contributed by atoms with Gasteiger partial charge in [-0.25, -0.2) is 9.59 Å². The molecule has 7 nitrogen and oxygen atoms in total. The van der Waals surface area contributed by atoms with Crippen LogP contribution >= 0.6 is 0 Å². The minimum absolute atomic E-state index is 0.215. The molecule has 3 rings (SSSR count). The average Bonchev–Trinajstić information content (AvgIpc) is 2.70. The predicted octanol–water partition coefficient (Wildman–Crippen LogP) is 3.18. The van der Waals surface area contributed by atoms with Crippen LogP contribution in [0.4, 0.5) is 4.79 Å². The molecule has 2 atom stereocenters. The summed E-state index contributed by atoms with van der Waals surface area (Å²) in [5.41, 5.74) is 0.0287. The standard InChI is InChI=1S/C22H32N2O5/c1-22(2,3)29-21(26)24-11-10-23-13-16(8-9-18(23)14-24)15-28-19-7-5-6-17(12-19)20(25)27-4/h5-7,12,16,18H,8-11,13-15H2,1-4H3/t16-,18+/m1/s1. The number of hydrogen-bond acceptors (Lipinski definition) is 6. The zero-order valence-corrected chi connectivity index (χ0v) is 17.8. The molecule has 0 radical (unpaired) electrons. The van der Waals surface area contributed by atoms with Gasteiger partial charge in [0.15, 0.2) is 0 Å². The molecule has 2 fully saturated rings. The van der Waals surface area contributed by atoms with E-state index < -0.39 is 5.60 Å². The highest BCUT2D eigenvalue weighted by atomic mass is 16.6. The number of carbonyl (C=O) groups excluding carboxylic acids is 2. The van der Waals surface area contributed by atoms with Crippen molar-refractivity contribution in [2.24, 2.45) is 5.92 Å². The molecule has 0 aliphatic carbocycles. The third kappa shape index (κ3) is 5.85. The van der Waals surface area contributed by atoms with Gasteiger partial charge in [-0.05, 0) is 51.8 Å². The first kappa shape index (κ1) is 21.4. The van der Waals surface area contributed by atoms with Crippen LogP contribution in [0.15, 0.2) is 24.3 Å². The first-order chi connectivity index (χ1) is 13.7. The van der Waals surface area contributed by atoms with E-state index in [4.69, 9.17) is 14.2 Å². The van der Waals surface area contributed by atoms with E-state index in [0.717, 1.165) is 32.5 Å². The molecule has 29 heavy (non-hydrogen) atoms. The molecular formula is C22H32N2O5. The predicted molar refractivity (Wildman–Crippen MR) is 109 cm³/mol. The Bertz CT molecular complexity index is 730. The van der Waals surface area contributed by atoms with Crippen LogP contribution in [0.3, 0.4) is 0 Å². The third-order valence-corrected chi connectivity index (χ3v) is 5.40. The molecule has 0 unspecified atom stereocenters. The smallest absolute Gasteiger partial charge is 0.410 e. The summed E-state index contributed by atoms with van der Waals surface area (Å²) in [6.07, 6.45) is 1.88. The van der Waals surface area contributed by atoms with Crippen LogP contribution in [-0.2, 0) is 9.47 Å². The zero-order chi connectivity index (χ0) is 21.0. The van der Waals surface area contributed by atoms with Gasteiger partial charge in [0.1, 0.15) is 11.4 Å². The Labute approximate surface area is 172 Å². The second-order valence-corrected chi connectivity index (χ2v) is 8.85. The number of piperazine rings is 1. The summed E-state index contributed by atoms with van der Waals surface area (Å²) in [7, 11) is 1.37. The monoisotopic (exact) mass is 404 g/mol. The number of methoxy groups -OCH3 is 1. The first-order valence-corrected chi connectivity index (χ1v) is 10.3. The number of nitrogens with zero attached hydrogens (tertiary/aromatic N) is 2.